The van der Waals surface area contributed by atoms with E-state index in [-0.39, 0.29) is 67.7 Å². The lowest BCUT2D eigenvalue weighted by Crippen LogP contribution is -2.52. The highest BCUT2D eigenvalue weighted by Crippen LogP contribution is 2.31. The van der Waals surface area contributed by atoms with Crippen LogP contribution < -0.4 is 4.90 Å². The number of amides is 1. The number of esters is 3. The Bertz CT molecular complexity index is 2090. The number of nitriles is 1. The zero-order valence-electron chi connectivity index (χ0n) is 51.7. The first-order valence-electron chi connectivity index (χ1n) is 32.4. The van der Waals surface area contributed by atoms with Gasteiger partial charge in [0.15, 0.2) is 11.8 Å². The van der Waals surface area contributed by atoms with Crippen molar-refractivity contribution >= 4 is 46.6 Å². The number of carbonyl (C=O) groups excluding carboxylic acids is 5. The summed E-state index contributed by atoms with van der Waals surface area (Å²) in [5.41, 5.74) is 0.548. The Hall–Kier alpha value is -5.06. The van der Waals surface area contributed by atoms with Crippen molar-refractivity contribution in [1.29, 1.82) is 5.26 Å². The number of likely N-dealkylation sites (N-methyl/N-ethyl adjacent to an activating group) is 1. The Labute approximate surface area is 490 Å². The summed E-state index contributed by atoms with van der Waals surface area (Å²) >= 11 is 0. The highest BCUT2D eigenvalue weighted by atomic mass is 16.6. The number of anilines is 1. The predicted molar refractivity (Wildman–Crippen MR) is 328 cm³/mol. The maximum Gasteiger partial charge on any atom is 0.306 e. The third-order valence-corrected chi connectivity index (χ3v) is 16.2. The molecule has 0 saturated carbocycles. The van der Waals surface area contributed by atoms with Gasteiger partial charge in [0.25, 0.3) is 0 Å². The number of aromatic nitrogens is 3. The lowest BCUT2D eigenvalue weighted by atomic mass is 9.92. The van der Waals surface area contributed by atoms with E-state index in [0.717, 1.165) is 115 Å². The third kappa shape index (κ3) is 31.3. The number of rotatable bonds is 47. The van der Waals surface area contributed by atoms with Gasteiger partial charge in [-0.15, -0.1) is 0 Å². The van der Waals surface area contributed by atoms with Crippen LogP contribution in [0.4, 0.5) is 5.82 Å². The predicted octanol–water partition coefficient (Wildman–Crippen LogP) is 16.3. The quantitative estimate of drug-likeness (QED) is 0.0266. The maximum atomic E-state index is 13.7. The van der Waals surface area contributed by atoms with Crippen molar-refractivity contribution < 1.29 is 38.2 Å². The monoisotopic (exact) mass is 1130 g/mol. The molecule has 81 heavy (non-hydrogen) atoms. The van der Waals surface area contributed by atoms with Crippen LogP contribution >= 0.6 is 0 Å². The summed E-state index contributed by atoms with van der Waals surface area (Å²) in [4.78, 5) is 78.2. The number of piperidine rings is 1. The van der Waals surface area contributed by atoms with Crippen LogP contribution in [0.2, 0.25) is 0 Å². The SMILES string of the molecule is CCCCCCCC/C=C\CCCCCCCC(=O)OCC(COC(=O)CCCCCCC/C=C\CCCCCCCC)OC(=O)CC(C)CCCCC(C)CC(=O)n1ccc2c(N(C)[C@H]3CN(C(=O)CC#N)CC[C@H]3C)ncnc21. The molecule has 1 amide bonds. The average molecular weight is 1130 g/mol. The van der Waals surface area contributed by atoms with Crippen molar-refractivity contribution in [3.8, 4) is 6.07 Å². The molecule has 1 saturated heterocycles. The van der Waals surface area contributed by atoms with Crippen LogP contribution in [0.15, 0.2) is 42.9 Å². The van der Waals surface area contributed by atoms with E-state index in [1.54, 1.807) is 15.7 Å². The summed E-state index contributed by atoms with van der Waals surface area (Å²) in [5, 5.41) is 9.85. The molecular formula is C67H110N6O8. The Morgan fingerprint density at radius 3 is 1.64 bits per heavy atom. The summed E-state index contributed by atoms with van der Waals surface area (Å²) in [6.45, 7) is 11.6. The molecule has 456 valence electrons. The first kappa shape index (κ1) is 70.2. The van der Waals surface area contributed by atoms with E-state index in [1.165, 1.54) is 96.2 Å². The van der Waals surface area contributed by atoms with E-state index in [0.29, 0.717) is 49.7 Å². The normalized spacial score (nSPS) is 15.4. The molecular weight excluding hydrogens is 1020 g/mol. The molecule has 1 aliphatic rings. The zero-order chi connectivity index (χ0) is 58.7. The first-order valence-corrected chi connectivity index (χ1v) is 32.4. The fourth-order valence-electron chi connectivity index (χ4n) is 11.0. The summed E-state index contributed by atoms with van der Waals surface area (Å²) in [5.74, 6) is -0.132. The van der Waals surface area contributed by atoms with E-state index in [9.17, 15) is 24.0 Å². The largest absolute Gasteiger partial charge is 0.462 e. The highest BCUT2D eigenvalue weighted by Gasteiger charge is 2.33. The molecule has 0 radical (unpaired) electrons. The van der Waals surface area contributed by atoms with Crippen LogP contribution in [0.3, 0.4) is 0 Å². The molecule has 0 aromatic carbocycles. The van der Waals surface area contributed by atoms with E-state index in [4.69, 9.17) is 19.5 Å². The maximum absolute atomic E-state index is 13.7. The van der Waals surface area contributed by atoms with Crippen molar-refractivity contribution in [1.82, 2.24) is 19.4 Å². The molecule has 2 aromatic rings. The number of fused-ring (bicyclic) bond motifs is 1. The number of nitrogens with zero attached hydrogens (tertiary/aromatic N) is 6. The Balaban J connectivity index is 1.40. The summed E-state index contributed by atoms with van der Waals surface area (Å²) < 4.78 is 18.7. The summed E-state index contributed by atoms with van der Waals surface area (Å²) in [6.07, 6.45) is 47.5. The zero-order valence-corrected chi connectivity index (χ0v) is 51.7. The van der Waals surface area contributed by atoms with Gasteiger partial charge in [0.05, 0.1) is 17.5 Å². The molecule has 0 bridgehead atoms. The number of carbonyl (C=O) groups is 5. The molecule has 0 aliphatic carbocycles. The number of unbranched alkanes of at least 4 members (excludes halogenated alkanes) is 23. The van der Waals surface area contributed by atoms with Crippen LogP contribution in [0.25, 0.3) is 11.0 Å². The van der Waals surface area contributed by atoms with Crippen molar-refractivity contribution in [3.63, 3.8) is 0 Å². The second-order valence-electron chi connectivity index (χ2n) is 23.7. The van der Waals surface area contributed by atoms with E-state index < -0.39 is 12.1 Å². The van der Waals surface area contributed by atoms with Crippen molar-refractivity contribution in [3.05, 3.63) is 42.9 Å². The molecule has 1 aliphatic heterocycles. The van der Waals surface area contributed by atoms with Gasteiger partial charge in [-0.25, -0.2) is 9.97 Å². The van der Waals surface area contributed by atoms with Gasteiger partial charge >= 0.3 is 17.9 Å². The molecule has 1 fully saturated rings. The van der Waals surface area contributed by atoms with Gasteiger partial charge in [-0.2, -0.15) is 5.26 Å². The van der Waals surface area contributed by atoms with Gasteiger partial charge in [-0.3, -0.25) is 28.5 Å². The van der Waals surface area contributed by atoms with Gasteiger partial charge in [0, 0.05) is 52.0 Å². The van der Waals surface area contributed by atoms with Gasteiger partial charge in [0.1, 0.15) is 31.8 Å². The van der Waals surface area contributed by atoms with Gasteiger partial charge in [0.2, 0.25) is 11.8 Å². The summed E-state index contributed by atoms with van der Waals surface area (Å²) in [6, 6.07) is 3.84. The fourth-order valence-corrected chi connectivity index (χ4v) is 11.0. The number of allylic oxidation sites excluding steroid dienone is 4. The number of hydrogen-bond donors (Lipinski definition) is 0. The standard InChI is InChI=1S/C67H110N6O8/c1-7-9-11-13-15-17-19-21-23-25-27-29-31-33-35-41-63(76)79-52-58(53-80-64(77)42-36-34-32-30-28-26-24-22-20-18-16-14-12-10-8-2)81-65(78)50-56(4)40-38-37-39-55(3)49-62(75)73-48-45-59-66(69-54-70-67(59)73)71(6)60-51-72(47-44-57(60)5)61(74)43-46-68/h21-24,45,48,54-58,60H,7-20,25-44,47,49-53H2,1-6H3/b23-21-,24-22-/t55?,56?,57-,60+/m1/s1. The molecule has 2 unspecified atom stereocenters. The number of likely N-dealkylation sites (tertiary alicyclic amines) is 1. The lowest BCUT2D eigenvalue weighted by molar-refractivity contribution is -0.167. The third-order valence-electron chi connectivity index (χ3n) is 16.2. The average Bonchev–Trinajstić information content (AvgIpc) is 4.10. The molecule has 14 heteroatoms. The number of ether oxygens (including phenoxy) is 3. The smallest absolute Gasteiger partial charge is 0.306 e. The minimum absolute atomic E-state index is 0.00844. The van der Waals surface area contributed by atoms with Gasteiger partial charge in [-0.05, 0) is 94.4 Å². The molecule has 14 nitrogen and oxygen atoms in total. The van der Waals surface area contributed by atoms with E-state index in [2.05, 4.69) is 66.9 Å². The van der Waals surface area contributed by atoms with Crippen LogP contribution in [0.5, 0.6) is 0 Å². The molecule has 0 spiro atoms. The van der Waals surface area contributed by atoms with Crippen LogP contribution in [0, 0.1) is 29.1 Å². The molecule has 2 aromatic heterocycles. The lowest BCUT2D eigenvalue weighted by Gasteiger charge is -2.42. The molecule has 3 heterocycles. The van der Waals surface area contributed by atoms with Crippen molar-refractivity contribution in [2.45, 2.75) is 278 Å². The van der Waals surface area contributed by atoms with Crippen LogP contribution in [0.1, 0.15) is 271 Å². The van der Waals surface area contributed by atoms with Crippen molar-refractivity contribution in [2.24, 2.45) is 17.8 Å². The van der Waals surface area contributed by atoms with Crippen molar-refractivity contribution in [2.75, 3.05) is 38.3 Å². The first-order chi connectivity index (χ1) is 39.4. The fraction of sp³-hybridized carbons (Fsp3) is 0.761. The molecule has 0 N–H and O–H groups in total. The minimum atomic E-state index is -0.880. The molecule has 3 rings (SSSR count). The van der Waals surface area contributed by atoms with E-state index in [1.807, 2.05) is 26.1 Å². The topological polar surface area (TPSA) is 174 Å². The Kier molecular flexibility index (Phi) is 38.6. The second kappa shape index (κ2) is 44.5. The molecule has 4 atom stereocenters. The van der Waals surface area contributed by atoms with Crippen LogP contribution in [-0.2, 0) is 33.4 Å². The van der Waals surface area contributed by atoms with Gasteiger partial charge < -0.3 is 24.0 Å². The van der Waals surface area contributed by atoms with Crippen LogP contribution in [-0.4, -0.2) is 94.7 Å². The number of hydrogen-bond acceptors (Lipinski definition) is 12. The second-order valence-corrected chi connectivity index (χ2v) is 23.7. The minimum Gasteiger partial charge on any atom is -0.462 e. The van der Waals surface area contributed by atoms with Gasteiger partial charge in [-0.1, -0.05) is 187 Å². The Morgan fingerprint density at radius 1 is 0.654 bits per heavy atom. The highest BCUT2D eigenvalue weighted by molar-refractivity contribution is 5.95. The summed E-state index contributed by atoms with van der Waals surface area (Å²) in [7, 11) is 1.96. The van der Waals surface area contributed by atoms with E-state index >= 15 is 0 Å². The Morgan fingerprint density at radius 2 is 1.14 bits per heavy atom.